The smallest absolute Gasteiger partial charge is 0.147 e. The minimum absolute atomic E-state index is 0.286. The summed E-state index contributed by atoms with van der Waals surface area (Å²) in [5, 5.41) is 11.6. The number of aliphatic hydroxyl groups is 1. The van der Waals surface area contributed by atoms with Crippen molar-refractivity contribution in [1.29, 1.82) is 0 Å². The number of nitrogens with two attached hydrogens (primary N) is 2. The largest absolute Gasteiger partial charge is 0.390 e. The molecule has 3 rings (SSSR count). The molecule has 2 atom stereocenters. The standard InChI is InChI=1S/C17H21ClN6OS/c1-2-17(10-19)4-6-24(9-12(17)25)13-7-23-14(8-22-13)26-11-3-5-21-16(20)15(11)18/h2-3,5,7-8,12,25H,1,4,6,9-10,19H2,(H2,20,21)/t12-,17-/m0/s1. The number of hydrogen-bond donors (Lipinski definition) is 3. The first kappa shape index (κ1) is 18.9. The molecule has 1 fully saturated rings. The quantitative estimate of drug-likeness (QED) is 0.661. The predicted molar refractivity (Wildman–Crippen MR) is 104 cm³/mol. The van der Waals surface area contributed by atoms with Crippen LogP contribution in [0, 0.1) is 5.41 Å². The number of piperidine rings is 1. The zero-order chi connectivity index (χ0) is 18.7. The van der Waals surface area contributed by atoms with Crippen LogP contribution in [0.1, 0.15) is 6.42 Å². The third kappa shape index (κ3) is 3.64. The van der Waals surface area contributed by atoms with Crippen LogP contribution in [-0.2, 0) is 0 Å². The molecule has 5 N–H and O–H groups in total. The Bertz CT molecular complexity index is 789. The third-order valence-corrected chi connectivity index (χ3v) is 6.21. The lowest BCUT2D eigenvalue weighted by molar-refractivity contribution is 0.0484. The molecule has 7 nitrogen and oxygen atoms in total. The van der Waals surface area contributed by atoms with Crippen molar-refractivity contribution < 1.29 is 5.11 Å². The van der Waals surface area contributed by atoms with Gasteiger partial charge in [-0.15, -0.1) is 6.58 Å². The lowest BCUT2D eigenvalue weighted by Crippen LogP contribution is -2.53. The molecule has 0 radical (unpaired) electrons. The molecule has 2 aromatic heterocycles. The van der Waals surface area contributed by atoms with Crippen molar-refractivity contribution in [3.05, 3.63) is 42.3 Å². The van der Waals surface area contributed by atoms with Gasteiger partial charge in [-0.1, -0.05) is 29.4 Å². The third-order valence-electron chi connectivity index (χ3n) is 4.72. The van der Waals surface area contributed by atoms with Gasteiger partial charge in [0, 0.05) is 36.1 Å². The van der Waals surface area contributed by atoms with Gasteiger partial charge in [-0.25, -0.2) is 15.0 Å². The van der Waals surface area contributed by atoms with E-state index in [-0.39, 0.29) is 5.82 Å². The maximum absolute atomic E-state index is 10.5. The van der Waals surface area contributed by atoms with Crippen molar-refractivity contribution in [1.82, 2.24) is 15.0 Å². The van der Waals surface area contributed by atoms with E-state index >= 15 is 0 Å². The van der Waals surface area contributed by atoms with Gasteiger partial charge in [0.1, 0.15) is 16.7 Å². The van der Waals surface area contributed by atoms with Crippen molar-refractivity contribution in [3.63, 3.8) is 0 Å². The molecule has 2 aromatic rings. The van der Waals surface area contributed by atoms with Gasteiger partial charge in [-0.3, -0.25) is 0 Å². The summed E-state index contributed by atoms with van der Waals surface area (Å²) in [5.74, 6) is 0.998. The first-order valence-electron chi connectivity index (χ1n) is 8.15. The lowest BCUT2D eigenvalue weighted by Gasteiger charge is -2.43. The summed E-state index contributed by atoms with van der Waals surface area (Å²) in [7, 11) is 0. The van der Waals surface area contributed by atoms with Crippen molar-refractivity contribution in [2.24, 2.45) is 11.1 Å². The van der Waals surface area contributed by atoms with Gasteiger partial charge in [0.2, 0.25) is 0 Å². The maximum atomic E-state index is 10.5. The fraction of sp³-hybridized carbons (Fsp3) is 0.353. The van der Waals surface area contributed by atoms with Crippen LogP contribution in [0.25, 0.3) is 0 Å². The number of anilines is 2. The SMILES string of the molecule is C=C[C@@]1(CN)CCN(c2cnc(Sc3ccnc(N)c3Cl)cn2)C[C@@H]1O. The van der Waals surface area contributed by atoms with E-state index in [2.05, 4.69) is 21.5 Å². The summed E-state index contributed by atoms with van der Waals surface area (Å²) >= 11 is 7.52. The van der Waals surface area contributed by atoms with Crippen LogP contribution in [0.15, 0.2) is 47.2 Å². The van der Waals surface area contributed by atoms with Crippen LogP contribution >= 0.6 is 23.4 Å². The lowest BCUT2D eigenvalue weighted by atomic mass is 9.76. The van der Waals surface area contributed by atoms with Crippen molar-refractivity contribution in [2.45, 2.75) is 22.4 Å². The molecule has 9 heteroatoms. The Kier molecular flexibility index (Phi) is 5.67. The minimum Gasteiger partial charge on any atom is -0.390 e. The molecule has 1 aliphatic rings. The van der Waals surface area contributed by atoms with Crippen LogP contribution in [0.4, 0.5) is 11.6 Å². The fourth-order valence-electron chi connectivity index (χ4n) is 2.92. The summed E-state index contributed by atoms with van der Waals surface area (Å²) in [4.78, 5) is 15.6. The predicted octanol–water partition coefficient (Wildman–Crippen LogP) is 1.96. The van der Waals surface area contributed by atoms with Crippen molar-refractivity contribution >= 4 is 35.0 Å². The zero-order valence-corrected chi connectivity index (χ0v) is 15.7. The van der Waals surface area contributed by atoms with Gasteiger partial charge >= 0.3 is 0 Å². The molecule has 26 heavy (non-hydrogen) atoms. The molecule has 0 spiro atoms. The van der Waals surface area contributed by atoms with E-state index in [0.29, 0.717) is 29.0 Å². The number of hydrogen-bond acceptors (Lipinski definition) is 8. The second kappa shape index (κ2) is 7.79. The van der Waals surface area contributed by atoms with E-state index in [1.165, 1.54) is 11.8 Å². The van der Waals surface area contributed by atoms with Crippen LogP contribution in [0.2, 0.25) is 5.02 Å². The molecule has 3 heterocycles. The highest BCUT2D eigenvalue weighted by atomic mass is 35.5. The highest BCUT2D eigenvalue weighted by Crippen LogP contribution is 2.35. The number of halogens is 1. The van der Waals surface area contributed by atoms with Crippen LogP contribution < -0.4 is 16.4 Å². The number of nitrogen functional groups attached to an aromatic ring is 1. The highest BCUT2D eigenvalue weighted by molar-refractivity contribution is 7.99. The Labute approximate surface area is 161 Å². The van der Waals surface area contributed by atoms with Gasteiger partial charge < -0.3 is 21.5 Å². The maximum Gasteiger partial charge on any atom is 0.147 e. The number of β-amino-alcohol motifs (C(OH)–C–C–N with tert-alkyl or cyclic N) is 1. The zero-order valence-electron chi connectivity index (χ0n) is 14.2. The van der Waals surface area contributed by atoms with Gasteiger partial charge in [0.15, 0.2) is 0 Å². The monoisotopic (exact) mass is 392 g/mol. The van der Waals surface area contributed by atoms with Gasteiger partial charge in [-0.05, 0) is 12.5 Å². The molecular formula is C17H21ClN6OS. The minimum atomic E-state index is -0.590. The Morgan fingerprint density at radius 2 is 2.23 bits per heavy atom. The summed E-state index contributed by atoms with van der Waals surface area (Å²) in [6.45, 7) is 5.38. The van der Waals surface area contributed by atoms with E-state index in [0.717, 1.165) is 17.9 Å². The molecule has 1 saturated heterocycles. The molecule has 0 amide bonds. The van der Waals surface area contributed by atoms with Crippen LogP contribution in [0.3, 0.4) is 0 Å². The molecular weight excluding hydrogens is 372 g/mol. The molecule has 1 aliphatic heterocycles. The number of aromatic nitrogens is 3. The molecule has 0 bridgehead atoms. The number of nitrogens with zero attached hydrogens (tertiary/aromatic N) is 4. The molecule has 0 aliphatic carbocycles. The van der Waals surface area contributed by atoms with Gasteiger partial charge in [-0.2, -0.15) is 0 Å². The molecule has 0 unspecified atom stereocenters. The normalized spacial score (nSPS) is 23.0. The molecule has 0 aromatic carbocycles. The summed E-state index contributed by atoms with van der Waals surface area (Å²) in [6, 6.07) is 1.78. The Morgan fingerprint density at radius 3 is 2.85 bits per heavy atom. The first-order valence-corrected chi connectivity index (χ1v) is 9.35. The van der Waals surface area contributed by atoms with Gasteiger partial charge in [0.05, 0.1) is 23.5 Å². The van der Waals surface area contributed by atoms with E-state index in [9.17, 15) is 5.11 Å². The highest BCUT2D eigenvalue weighted by Gasteiger charge is 2.39. The van der Waals surface area contributed by atoms with E-state index in [1.54, 1.807) is 30.7 Å². The first-order chi connectivity index (χ1) is 12.5. The summed E-state index contributed by atoms with van der Waals surface area (Å²) in [5.41, 5.74) is 11.1. The number of aliphatic hydroxyl groups excluding tert-OH is 1. The van der Waals surface area contributed by atoms with Crippen LogP contribution in [-0.4, -0.2) is 45.8 Å². The second-order valence-electron chi connectivity index (χ2n) is 6.18. The number of pyridine rings is 1. The topological polar surface area (TPSA) is 114 Å². The average Bonchev–Trinajstić information content (AvgIpc) is 2.66. The van der Waals surface area contributed by atoms with E-state index < -0.39 is 11.5 Å². The second-order valence-corrected chi connectivity index (χ2v) is 7.62. The van der Waals surface area contributed by atoms with Gasteiger partial charge in [0.25, 0.3) is 0 Å². The van der Waals surface area contributed by atoms with E-state index in [1.807, 2.05) is 4.90 Å². The Balaban J connectivity index is 1.70. The Morgan fingerprint density at radius 1 is 1.42 bits per heavy atom. The fourth-order valence-corrected chi connectivity index (χ4v) is 3.90. The summed E-state index contributed by atoms with van der Waals surface area (Å²) in [6.07, 6.45) is 6.87. The molecule has 0 saturated carbocycles. The van der Waals surface area contributed by atoms with Crippen molar-refractivity contribution in [2.75, 3.05) is 30.3 Å². The summed E-state index contributed by atoms with van der Waals surface area (Å²) < 4.78 is 0. The molecule has 138 valence electrons. The average molecular weight is 393 g/mol. The Hall–Kier alpha value is -1.87. The van der Waals surface area contributed by atoms with E-state index in [4.69, 9.17) is 23.1 Å². The van der Waals surface area contributed by atoms with Crippen molar-refractivity contribution in [3.8, 4) is 0 Å². The number of rotatable bonds is 5. The van der Waals surface area contributed by atoms with Crippen LogP contribution in [0.5, 0.6) is 0 Å².